The van der Waals surface area contributed by atoms with Crippen molar-refractivity contribution in [3.05, 3.63) is 45.9 Å². The SMILES string of the molecule is CCCn1ncc(OC)c1C(=O)c1cc(F)ccc1Br. The molecule has 0 fully saturated rings. The van der Waals surface area contributed by atoms with Crippen LogP contribution in [0.25, 0.3) is 0 Å². The summed E-state index contributed by atoms with van der Waals surface area (Å²) in [4.78, 5) is 12.6. The second-order valence-corrected chi connectivity index (χ2v) is 5.09. The third-order valence-electron chi connectivity index (χ3n) is 2.85. The zero-order valence-corrected chi connectivity index (χ0v) is 12.8. The van der Waals surface area contributed by atoms with Gasteiger partial charge in [-0.15, -0.1) is 0 Å². The van der Waals surface area contributed by atoms with Crippen molar-refractivity contribution < 1.29 is 13.9 Å². The van der Waals surface area contributed by atoms with Crippen molar-refractivity contribution in [2.75, 3.05) is 7.11 Å². The van der Waals surface area contributed by atoms with E-state index in [-0.39, 0.29) is 11.3 Å². The van der Waals surface area contributed by atoms with Crippen LogP contribution in [0.3, 0.4) is 0 Å². The molecule has 20 heavy (non-hydrogen) atoms. The molecule has 0 spiro atoms. The smallest absolute Gasteiger partial charge is 0.216 e. The predicted molar refractivity (Wildman–Crippen MR) is 76.6 cm³/mol. The Morgan fingerprint density at radius 1 is 1.50 bits per heavy atom. The third kappa shape index (κ3) is 2.75. The molecule has 1 aromatic heterocycles. The largest absolute Gasteiger partial charge is 0.493 e. The van der Waals surface area contributed by atoms with Crippen molar-refractivity contribution >= 4 is 21.7 Å². The van der Waals surface area contributed by atoms with Crippen molar-refractivity contribution in [3.8, 4) is 5.75 Å². The number of ketones is 1. The maximum Gasteiger partial charge on any atom is 0.216 e. The van der Waals surface area contributed by atoms with Gasteiger partial charge in [0, 0.05) is 16.6 Å². The van der Waals surface area contributed by atoms with E-state index in [2.05, 4.69) is 21.0 Å². The number of carbonyl (C=O) groups is 1. The Bertz CT molecular complexity index is 640. The molecule has 0 saturated heterocycles. The minimum absolute atomic E-state index is 0.251. The molecule has 1 heterocycles. The van der Waals surface area contributed by atoms with Crippen LogP contribution in [-0.2, 0) is 6.54 Å². The fourth-order valence-electron chi connectivity index (χ4n) is 1.93. The zero-order valence-electron chi connectivity index (χ0n) is 11.2. The lowest BCUT2D eigenvalue weighted by atomic mass is 10.1. The summed E-state index contributed by atoms with van der Waals surface area (Å²) in [7, 11) is 1.48. The Hall–Kier alpha value is -1.69. The fourth-order valence-corrected chi connectivity index (χ4v) is 2.35. The van der Waals surface area contributed by atoms with E-state index in [0.29, 0.717) is 22.5 Å². The van der Waals surface area contributed by atoms with Crippen molar-refractivity contribution in [3.63, 3.8) is 0 Å². The van der Waals surface area contributed by atoms with Crippen LogP contribution in [-0.4, -0.2) is 22.7 Å². The summed E-state index contributed by atoms with van der Waals surface area (Å²) in [5, 5.41) is 4.14. The number of nitrogens with zero attached hydrogens (tertiary/aromatic N) is 2. The van der Waals surface area contributed by atoms with Crippen LogP contribution in [0.2, 0.25) is 0 Å². The average molecular weight is 341 g/mol. The maximum atomic E-state index is 13.4. The molecule has 0 N–H and O–H groups in total. The molecule has 0 bridgehead atoms. The summed E-state index contributed by atoms with van der Waals surface area (Å²) in [6.07, 6.45) is 2.32. The van der Waals surface area contributed by atoms with Gasteiger partial charge in [-0.2, -0.15) is 5.10 Å². The lowest BCUT2D eigenvalue weighted by Crippen LogP contribution is -2.13. The number of ether oxygens (including phenoxy) is 1. The van der Waals surface area contributed by atoms with Gasteiger partial charge >= 0.3 is 0 Å². The summed E-state index contributed by atoms with van der Waals surface area (Å²) in [5.41, 5.74) is 0.585. The van der Waals surface area contributed by atoms with E-state index in [1.54, 1.807) is 4.68 Å². The minimum atomic E-state index is -0.461. The second-order valence-electron chi connectivity index (χ2n) is 4.24. The number of methoxy groups -OCH3 is 1. The Morgan fingerprint density at radius 2 is 2.25 bits per heavy atom. The Balaban J connectivity index is 2.52. The van der Waals surface area contributed by atoms with Crippen LogP contribution < -0.4 is 4.74 Å². The van der Waals surface area contributed by atoms with Crippen LogP contribution >= 0.6 is 15.9 Å². The van der Waals surface area contributed by atoms with E-state index < -0.39 is 5.82 Å². The zero-order chi connectivity index (χ0) is 14.7. The highest BCUT2D eigenvalue weighted by Crippen LogP contribution is 2.26. The number of halogens is 2. The lowest BCUT2D eigenvalue weighted by Gasteiger charge is -2.09. The Labute approximate surface area is 124 Å². The number of hydrogen-bond donors (Lipinski definition) is 0. The van der Waals surface area contributed by atoms with E-state index in [0.717, 1.165) is 6.42 Å². The highest BCUT2D eigenvalue weighted by molar-refractivity contribution is 9.10. The quantitative estimate of drug-likeness (QED) is 0.783. The van der Waals surface area contributed by atoms with E-state index in [9.17, 15) is 9.18 Å². The van der Waals surface area contributed by atoms with Gasteiger partial charge in [-0.25, -0.2) is 4.39 Å². The molecule has 6 heteroatoms. The van der Waals surface area contributed by atoms with Crippen molar-refractivity contribution in [1.29, 1.82) is 0 Å². The van der Waals surface area contributed by atoms with Gasteiger partial charge in [0.1, 0.15) is 5.82 Å². The van der Waals surface area contributed by atoms with Crippen LogP contribution in [0.1, 0.15) is 29.4 Å². The van der Waals surface area contributed by atoms with Crippen molar-refractivity contribution in [2.24, 2.45) is 0 Å². The molecule has 0 radical (unpaired) electrons. The van der Waals surface area contributed by atoms with Gasteiger partial charge in [0.25, 0.3) is 0 Å². The summed E-state index contributed by atoms with van der Waals surface area (Å²) in [6.45, 7) is 2.58. The van der Waals surface area contributed by atoms with Gasteiger partial charge in [-0.05, 0) is 24.6 Å². The summed E-state index contributed by atoms with van der Waals surface area (Å²) >= 11 is 3.27. The summed E-state index contributed by atoms with van der Waals surface area (Å²) in [6, 6.07) is 4.01. The monoisotopic (exact) mass is 340 g/mol. The van der Waals surface area contributed by atoms with Crippen molar-refractivity contribution in [1.82, 2.24) is 9.78 Å². The predicted octanol–water partition coefficient (Wildman–Crippen LogP) is 3.43. The number of aromatic nitrogens is 2. The van der Waals surface area contributed by atoms with Gasteiger partial charge in [0.2, 0.25) is 5.78 Å². The molecular weight excluding hydrogens is 327 g/mol. The van der Waals surface area contributed by atoms with Gasteiger partial charge in [-0.1, -0.05) is 22.9 Å². The topological polar surface area (TPSA) is 44.1 Å². The molecule has 0 aliphatic heterocycles. The molecule has 0 unspecified atom stereocenters. The van der Waals surface area contributed by atoms with E-state index in [1.165, 1.54) is 31.5 Å². The first-order chi connectivity index (χ1) is 9.58. The van der Waals surface area contributed by atoms with Gasteiger partial charge in [0.15, 0.2) is 11.4 Å². The second kappa shape index (κ2) is 6.17. The number of aryl methyl sites for hydroxylation is 1. The van der Waals surface area contributed by atoms with Crippen LogP contribution in [0.5, 0.6) is 5.75 Å². The molecule has 0 amide bonds. The molecule has 2 aromatic rings. The molecule has 106 valence electrons. The molecule has 0 saturated carbocycles. The minimum Gasteiger partial charge on any atom is -0.493 e. The molecule has 0 aliphatic carbocycles. The standard InChI is InChI=1S/C14H14BrFN2O2/c1-3-6-18-13(12(20-2)8-17-18)14(19)10-7-9(16)4-5-11(10)15/h4-5,7-8H,3,6H2,1-2H3. The summed E-state index contributed by atoms with van der Waals surface area (Å²) < 4.78 is 20.6. The molecule has 4 nitrogen and oxygen atoms in total. The number of carbonyl (C=O) groups excluding carboxylic acids is 1. The highest BCUT2D eigenvalue weighted by atomic mass is 79.9. The van der Waals surface area contributed by atoms with Gasteiger partial charge in [-0.3, -0.25) is 9.48 Å². The average Bonchev–Trinajstić information content (AvgIpc) is 2.84. The van der Waals surface area contributed by atoms with Crippen LogP contribution in [0.15, 0.2) is 28.9 Å². The first-order valence-electron chi connectivity index (χ1n) is 6.18. The summed E-state index contributed by atoms with van der Waals surface area (Å²) in [5.74, 6) is -0.393. The molecule has 0 atom stereocenters. The van der Waals surface area contributed by atoms with Crippen LogP contribution in [0, 0.1) is 5.82 Å². The van der Waals surface area contributed by atoms with E-state index in [1.807, 2.05) is 6.92 Å². The first kappa shape index (κ1) is 14.7. The highest BCUT2D eigenvalue weighted by Gasteiger charge is 2.22. The normalized spacial score (nSPS) is 10.6. The van der Waals surface area contributed by atoms with Crippen LogP contribution in [0.4, 0.5) is 4.39 Å². The van der Waals surface area contributed by atoms with Gasteiger partial charge in [0.05, 0.1) is 13.3 Å². The molecule has 2 rings (SSSR count). The van der Waals surface area contributed by atoms with Gasteiger partial charge < -0.3 is 4.74 Å². The molecular formula is C14H14BrFN2O2. The number of hydrogen-bond acceptors (Lipinski definition) is 3. The lowest BCUT2D eigenvalue weighted by molar-refractivity contribution is 0.102. The maximum absolute atomic E-state index is 13.4. The molecule has 1 aromatic carbocycles. The van der Waals surface area contributed by atoms with E-state index >= 15 is 0 Å². The number of benzene rings is 1. The Kier molecular flexibility index (Phi) is 4.54. The first-order valence-corrected chi connectivity index (χ1v) is 6.97. The van der Waals surface area contributed by atoms with Crippen molar-refractivity contribution in [2.45, 2.75) is 19.9 Å². The number of rotatable bonds is 5. The molecule has 0 aliphatic rings. The Morgan fingerprint density at radius 3 is 2.90 bits per heavy atom. The fraction of sp³-hybridized carbons (Fsp3) is 0.286. The van der Waals surface area contributed by atoms with E-state index in [4.69, 9.17) is 4.74 Å². The third-order valence-corrected chi connectivity index (χ3v) is 3.54.